The molecule has 0 saturated carbocycles. The van der Waals surface area contributed by atoms with Crippen LogP contribution in [0.25, 0.3) is 10.6 Å². The Balaban J connectivity index is 1.50. The van der Waals surface area contributed by atoms with E-state index in [9.17, 15) is 9.90 Å². The van der Waals surface area contributed by atoms with Gasteiger partial charge in [0.2, 0.25) is 0 Å². The minimum atomic E-state index is -0.584. The average Bonchev–Trinajstić information content (AvgIpc) is 3.25. The quantitative estimate of drug-likeness (QED) is 0.836. The van der Waals surface area contributed by atoms with Crippen LogP contribution in [-0.2, 0) is 0 Å². The largest absolute Gasteiger partial charge is 0.442 e. The highest BCUT2D eigenvalue weighted by molar-refractivity contribution is 7.13. The van der Waals surface area contributed by atoms with E-state index in [0.29, 0.717) is 12.3 Å². The molecule has 2 aromatic heterocycles. The molecule has 3 rings (SSSR count). The van der Waals surface area contributed by atoms with Crippen LogP contribution in [0.3, 0.4) is 0 Å². The molecule has 1 saturated heterocycles. The first-order valence-corrected chi connectivity index (χ1v) is 9.17. The third-order valence-corrected chi connectivity index (χ3v) is 5.24. The number of amides is 1. The lowest BCUT2D eigenvalue weighted by atomic mass is 9.99. The summed E-state index contributed by atoms with van der Waals surface area (Å²) >= 11 is 1.49. The van der Waals surface area contributed by atoms with Crippen molar-refractivity contribution in [2.75, 3.05) is 26.2 Å². The van der Waals surface area contributed by atoms with Crippen molar-refractivity contribution in [3.8, 4) is 10.6 Å². The molecule has 1 unspecified atom stereocenters. The molecule has 0 bridgehead atoms. The first-order chi connectivity index (χ1) is 11.6. The number of nitrogens with one attached hydrogen (secondary N) is 1. The van der Waals surface area contributed by atoms with E-state index in [2.05, 4.69) is 22.1 Å². The van der Waals surface area contributed by atoms with Gasteiger partial charge in [0, 0.05) is 13.1 Å². The number of hydrogen-bond acceptors (Lipinski definition) is 6. The summed E-state index contributed by atoms with van der Waals surface area (Å²) in [6, 6.07) is 3.78. The zero-order valence-electron chi connectivity index (χ0n) is 13.8. The van der Waals surface area contributed by atoms with Crippen LogP contribution in [0, 0.1) is 5.92 Å². The van der Waals surface area contributed by atoms with Gasteiger partial charge in [-0.1, -0.05) is 13.0 Å². The van der Waals surface area contributed by atoms with Crippen LogP contribution < -0.4 is 5.32 Å². The number of nitrogens with zero attached hydrogens (tertiary/aromatic N) is 2. The lowest BCUT2D eigenvalue weighted by molar-refractivity contribution is 0.0793. The standard InChI is InChI=1S/C17H23N3O3S/c1-12-4-6-20(7-5-12)10-13(21)9-18-17(22)15-16(23-11-19-15)14-3-2-8-24-14/h2-3,8,11-13,21H,4-7,9-10H2,1H3,(H,18,22). The Morgan fingerprint density at radius 2 is 2.33 bits per heavy atom. The van der Waals surface area contributed by atoms with Crippen molar-refractivity contribution in [2.24, 2.45) is 5.92 Å². The normalized spacial score (nSPS) is 17.8. The summed E-state index contributed by atoms with van der Waals surface area (Å²) in [7, 11) is 0. The molecule has 24 heavy (non-hydrogen) atoms. The Hall–Kier alpha value is -1.70. The molecule has 0 spiro atoms. The van der Waals surface area contributed by atoms with E-state index in [1.165, 1.54) is 30.6 Å². The Labute approximate surface area is 145 Å². The number of carbonyl (C=O) groups is 1. The molecule has 0 aliphatic carbocycles. The zero-order chi connectivity index (χ0) is 16.9. The van der Waals surface area contributed by atoms with Gasteiger partial charge < -0.3 is 19.7 Å². The van der Waals surface area contributed by atoms with E-state index < -0.39 is 6.10 Å². The summed E-state index contributed by atoms with van der Waals surface area (Å²) in [5, 5.41) is 14.8. The van der Waals surface area contributed by atoms with Gasteiger partial charge in [0.1, 0.15) is 0 Å². The van der Waals surface area contributed by atoms with Crippen molar-refractivity contribution < 1.29 is 14.3 Å². The van der Waals surface area contributed by atoms with Gasteiger partial charge in [0.15, 0.2) is 17.8 Å². The Morgan fingerprint density at radius 1 is 1.54 bits per heavy atom. The molecule has 3 heterocycles. The molecule has 7 heteroatoms. The SMILES string of the molecule is CC1CCN(CC(O)CNC(=O)c2ncoc2-c2cccs2)CC1. The predicted octanol–water partition coefficient (Wildman–Crippen LogP) is 2.23. The summed E-state index contributed by atoms with van der Waals surface area (Å²) in [6.07, 6.45) is 3.03. The molecule has 2 N–H and O–H groups in total. The maximum atomic E-state index is 12.3. The number of rotatable bonds is 6. The Bertz CT molecular complexity index is 648. The monoisotopic (exact) mass is 349 g/mol. The predicted molar refractivity (Wildman–Crippen MR) is 93.0 cm³/mol. The van der Waals surface area contributed by atoms with Crippen molar-refractivity contribution >= 4 is 17.2 Å². The van der Waals surface area contributed by atoms with Crippen LogP contribution in [0.15, 0.2) is 28.3 Å². The number of aromatic nitrogens is 1. The summed E-state index contributed by atoms with van der Waals surface area (Å²) in [4.78, 5) is 19.4. The highest BCUT2D eigenvalue weighted by Gasteiger charge is 2.21. The van der Waals surface area contributed by atoms with Crippen molar-refractivity contribution in [2.45, 2.75) is 25.9 Å². The van der Waals surface area contributed by atoms with Crippen LogP contribution in [0.4, 0.5) is 0 Å². The number of likely N-dealkylation sites (tertiary alicyclic amines) is 1. The van der Waals surface area contributed by atoms with E-state index in [-0.39, 0.29) is 18.1 Å². The molecule has 1 fully saturated rings. The topological polar surface area (TPSA) is 78.6 Å². The molecule has 0 radical (unpaired) electrons. The maximum absolute atomic E-state index is 12.3. The third kappa shape index (κ3) is 4.23. The first-order valence-electron chi connectivity index (χ1n) is 8.29. The average molecular weight is 349 g/mol. The summed E-state index contributed by atoms with van der Waals surface area (Å²) in [5.41, 5.74) is 0.261. The molecular weight excluding hydrogens is 326 g/mol. The molecule has 1 amide bonds. The fraction of sp³-hybridized carbons (Fsp3) is 0.529. The smallest absolute Gasteiger partial charge is 0.274 e. The van der Waals surface area contributed by atoms with Gasteiger partial charge in [-0.25, -0.2) is 4.98 Å². The van der Waals surface area contributed by atoms with E-state index in [4.69, 9.17) is 4.42 Å². The number of oxazole rings is 1. The second kappa shape index (κ2) is 7.92. The fourth-order valence-corrected chi connectivity index (χ4v) is 3.60. The highest BCUT2D eigenvalue weighted by atomic mass is 32.1. The van der Waals surface area contributed by atoms with Crippen molar-refractivity contribution in [1.29, 1.82) is 0 Å². The lowest BCUT2D eigenvalue weighted by Gasteiger charge is -2.31. The minimum absolute atomic E-state index is 0.210. The Morgan fingerprint density at radius 3 is 3.04 bits per heavy atom. The summed E-state index contributed by atoms with van der Waals surface area (Å²) in [6.45, 7) is 5.08. The number of β-amino-alcohol motifs (C(OH)–C–C–N with tert-alkyl or cyclic N) is 1. The molecule has 1 aliphatic rings. The third-order valence-electron chi connectivity index (χ3n) is 4.37. The van der Waals surface area contributed by atoms with E-state index in [1.54, 1.807) is 0 Å². The number of aliphatic hydroxyl groups excluding tert-OH is 1. The fourth-order valence-electron chi connectivity index (χ4n) is 2.89. The number of carbonyl (C=O) groups excluding carboxylic acids is 1. The molecule has 6 nitrogen and oxygen atoms in total. The van der Waals surface area contributed by atoms with E-state index in [1.807, 2.05) is 17.5 Å². The summed E-state index contributed by atoms with van der Waals surface area (Å²) < 4.78 is 5.34. The second-order valence-electron chi connectivity index (χ2n) is 6.35. The molecule has 0 aromatic carbocycles. The number of hydrogen-bond donors (Lipinski definition) is 2. The van der Waals surface area contributed by atoms with Crippen LogP contribution in [-0.4, -0.2) is 53.2 Å². The molecule has 2 aromatic rings. The van der Waals surface area contributed by atoms with Gasteiger partial charge in [-0.15, -0.1) is 11.3 Å². The van der Waals surface area contributed by atoms with Crippen LogP contribution in [0.1, 0.15) is 30.3 Å². The first kappa shape index (κ1) is 17.1. The maximum Gasteiger partial charge on any atom is 0.274 e. The van der Waals surface area contributed by atoms with E-state index in [0.717, 1.165) is 23.9 Å². The Kier molecular flexibility index (Phi) is 5.65. The van der Waals surface area contributed by atoms with Crippen LogP contribution in [0.2, 0.25) is 0 Å². The second-order valence-corrected chi connectivity index (χ2v) is 7.30. The van der Waals surface area contributed by atoms with Gasteiger partial charge in [0.25, 0.3) is 5.91 Å². The molecular formula is C17H23N3O3S. The van der Waals surface area contributed by atoms with Crippen LogP contribution in [0.5, 0.6) is 0 Å². The van der Waals surface area contributed by atoms with Crippen LogP contribution >= 0.6 is 11.3 Å². The number of aliphatic hydroxyl groups is 1. The molecule has 1 aliphatic heterocycles. The minimum Gasteiger partial charge on any atom is -0.442 e. The van der Waals surface area contributed by atoms with Gasteiger partial charge in [-0.3, -0.25) is 4.79 Å². The number of thiophene rings is 1. The molecule has 130 valence electrons. The van der Waals surface area contributed by atoms with E-state index >= 15 is 0 Å². The van der Waals surface area contributed by atoms with Gasteiger partial charge in [-0.2, -0.15) is 0 Å². The zero-order valence-corrected chi connectivity index (χ0v) is 14.6. The highest BCUT2D eigenvalue weighted by Crippen LogP contribution is 2.27. The number of piperidine rings is 1. The van der Waals surface area contributed by atoms with Gasteiger partial charge in [0.05, 0.1) is 11.0 Å². The van der Waals surface area contributed by atoms with Gasteiger partial charge >= 0.3 is 0 Å². The lowest BCUT2D eigenvalue weighted by Crippen LogP contribution is -2.43. The van der Waals surface area contributed by atoms with Crippen molar-refractivity contribution in [3.63, 3.8) is 0 Å². The summed E-state index contributed by atoms with van der Waals surface area (Å²) in [5.74, 6) is 0.918. The van der Waals surface area contributed by atoms with Gasteiger partial charge in [-0.05, 0) is 43.3 Å². The van der Waals surface area contributed by atoms with Crippen molar-refractivity contribution in [1.82, 2.24) is 15.2 Å². The molecule has 1 atom stereocenters. The van der Waals surface area contributed by atoms with Crippen molar-refractivity contribution in [3.05, 3.63) is 29.6 Å².